The average molecular weight is 405 g/mol. The zero-order valence-electron chi connectivity index (χ0n) is 16.1. The molecule has 2 amide bonds. The van der Waals surface area contributed by atoms with Crippen LogP contribution in [0, 0.1) is 17.0 Å². The second-order valence-corrected chi connectivity index (χ2v) is 6.49. The Hall–Kier alpha value is -4.20. The molecular formula is C22H19N3O5. The molecule has 0 bridgehead atoms. The van der Waals surface area contributed by atoms with Gasteiger partial charge in [-0.1, -0.05) is 18.2 Å². The second-order valence-electron chi connectivity index (χ2n) is 6.49. The van der Waals surface area contributed by atoms with E-state index in [0.29, 0.717) is 17.1 Å². The van der Waals surface area contributed by atoms with Crippen LogP contribution in [0.2, 0.25) is 0 Å². The summed E-state index contributed by atoms with van der Waals surface area (Å²) in [4.78, 5) is 34.5. The number of aryl methyl sites for hydroxylation is 1. The summed E-state index contributed by atoms with van der Waals surface area (Å²) >= 11 is 0. The lowest BCUT2D eigenvalue weighted by molar-refractivity contribution is -0.384. The smallest absolute Gasteiger partial charge is 0.270 e. The third kappa shape index (κ3) is 5.65. The van der Waals surface area contributed by atoms with Crippen LogP contribution < -0.4 is 15.4 Å². The molecule has 0 atom stereocenters. The number of nitro groups is 1. The first kappa shape index (κ1) is 20.5. The van der Waals surface area contributed by atoms with Crippen LogP contribution in [0.3, 0.4) is 0 Å². The lowest BCUT2D eigenvalue weighted by Gasteiger charge is -2.09. The molecule has 8 heteroatoms. The van der Waals surface area contributed by atoms with Gasteiger partial charge in [-0.05, 0) is 55.0 Å². The van der Waals surface area contributed by atoms with E-state index < -0.39 is 10.8 Å². The number of nitro benzene ring substituents is 1. The Labute approximate surface area is 172 Å². The van der Waals surface area contributed by atoms with Gasteiger partial charge in [0.15, 0.2) is 6.61 Å². The van der Waals surface area contributed by atoms with Gasteiger partial charge in [0.2, 0.25) is 0 Å². The van der Waals surface area contributed by atoms with Gasteiger partial charge in [0.1, 0.15) is 5.75 Å². The normalized spacial score (nSPS) is 10.2. The first-order chi connectivity index (χ1) is 14.4. The number of rotatable bonds is 7. The van der Waals surface area contributed by atoms with Crippen molar-refractivity contribution in [1.82, 2.24) is 0 Å². The van der Waals surface area contributed by atoms with E-state index in [1.54, 1.807) is 30.3 Å². The van der Waals surface area contributed by atoms with E-state index in [2.05, 4.69) is 10.6 Å². The summed E-state index contributed by atoms with van der Waals surface area (Å²) in [7, 11) is 0. The molecule has 0 aliphatic heterocycles. The van der Waals surface area contributed by atoms with E-state index in [0.717, 1.165) is 5.56 Å². The first-order valence-electron chi connectivity index (χ1n) is 9.06. The maximum absolute atomic E-state index is 12.3. The topological polar surface area (TPSA) is 111 Å². The maximum Gasteiger partial charge on any atom is 0.270 e. The Morgan fingerprint density at radius 3 is 2.37 bits per heavy atom. The molecule has 0 unspecified atom stereocenters. The van der Waals surface area contributed by atoms with Crippen molar-refractivity contribution in [3.63, 3.8) is 0 Å². The van der Waals surface area contributed by atoms with Crippen LogP contribution in [0.1, 0.15) is 15.9 Å². The molecule has 3 rings (SSSR count). The highest BCUT2D eigenvalue weighted by atomic mass is 16.6. The zero-order valence-corrected chi connectivity index (χ0v) is 16.1. The van der Waals surface area contributed by atoms with Gasteiger partial charge in [-0.25, -0.2) is 0 Å². The Morgan fingerprint density at radius 1 is 0.933 bits per heavy atom. The molecule has 0 aliphatic carbocycles. The average Bonchev–Trinajstić information content (AvgIpc) is 2.73. The summed E-state index contributed by atoms with van der Waals surface area (Å²) in [6, 6.07) is 19.4. The lowest BCUT2D eigenvalue weighted by Crippen LogP contribution is -2.20. The van der Waals surface area contributed by atoms with Crippen LogP contribution in [-0.2, 0) is 4.79 Å². The standard InChI is InChI=1S/C22H19N3O5/c1-15-4-2-6-18(12-15)23-21(26)14-30-20-10-8-17(9-11-20)24-22(27)16-5-3-7-19(13-16)25(28)29/h2-13H,14H2,1H3,(H,23,26)(H,24,27). The number of benzene rings is 3. The summed E-state index contributed by atoms with van der Waals surface area (Å²) < 4.78 is 5.46. The van der Waals surface area contributed by atoms with Crippen LogP contribution in [0.5, 0.6) is 5.75 Å². The Morgan fingerprint density at radius 2 is 1.67 bits per heavy atom. The van der Waals surface area contributed by atoms with Crippen molar-refractivity contribution < 1.29 is 19.2 Å². The van der Waals surface area contributed by atoms with Gasteiger partial charge in [-0.15, -0.1) is 0 Å². The molecule has 3 aromatic rings. The molecule has 2 N–H and O–H groups in total. The third-order valence-electron chi connectivity index (χ3n) is 4.10. The van der Waals surface area contributed by atoms with Crippen molar-refractivity contribution in [1.29, 1.82) is 0 Å². The van der Waals surface area contributed by atoms with Gasteiger partial charge >= 0.3 is 0 Å². The number of carbonyl (C=O) groups excluding carboxylic acids is 2. The Kier molecular flexibility index (Phi) is 6.39. The van der Waals surface area contributed by atoms with Gasteiger partial charge in [-0.2, -0.15) is 0 Å². The quantitative estimate of drug-likeness (QED) is 0.453. The minimum absolute atomic E-state index is 0.157. The highest BCUT2D eigenvalue weighted by molar-refractivity contribution is 6.04. The largest absolute Gasteiger partial charge is 0.484 e. The molecular weight excluding hydrogens is 386 g/mol. The van der Waals surface area contributed by atoms with Crippen molar-refractivity contribution in [3.8, 4) is 5.75 Å². The minimum atomic E-state index is -0.558. The highest BCUT2D eigenvalue weighted by Gasteiger charge is 2.12. The second kappa shape index (κ2) is 9.33. The summed E-state index contributed by atoms with van der Waals surface area (Å²) in [5.41, 5.74) is 2.25. The molecule has 30 heavy (non-hydrogen) atoms. The van der Waals surface area contributed by atoms with Crippen molar-refractivity contribution in [3.05, 3.63) is 94.0 Å². The number of nitrogens with zero attached hydrogens (tertiary/aromatic N) is 1. The SMILES string of the molecule is Cc1cccc(NC(=O)COc2ccc(NC(=O)c3cccc([N+](=O)[O-])c3)cc2)c1. The van der Waals surface area contributed by atoms with Crippen molar-refractivity contribution in [2.75, 3.05) is 17.2 Å². The minimum Gasteiger partial charge on any atom is -0.484 e. The van der Waals surface area contributed by atoms with E-state index in [-0.39, 0.29) is 23.8 Å². The van der Waals surface area contributed by atoms with E-state index in [4.69, 9.17) is 4.74 Å². The predicted octanol–water partition coefficient (Wildman–Crippen LogP) is 4.17. The first-order valence-corrected chi connectivity index (χ1v) is 9.06. The molecule has 0 aliphatic rings. The number of anilines is 2. The van der Waals surface area contributed by atoms with Gasteiger partial charge < -0.3 is 15.4 Å². The molecule has 152 valence electrons. The zero-order chi connectivity index (χ0) is 21.5. The number of nitrogens with one attached hydrogen (secondary N) is 2. The van der Waals surface area contributed by atoms with Crippen LogP contribution in [0.4, 0.5) is 17.1 Å². The van der Waals surface area contributed by atoms with Crippen LogP contribution in [0.25, 0.3) is 0 Å². The van der Waals surface area contributed by atoms with E-state index >= 15 is 0 Å². The number of carbonyl (C=O) groups is 2. The van der Waals surface area contributed by atoms with Crippen molar-refractivity contribution in [2.45, 2.75) is 6.92 Å². The summed E-state index contributed by atoms with van der Waals surface area (Å²) in [5.74, 6) is -0.295. The molecule has 0 radical (unpaired) electrons. The number of hydrogen-bond donors (Lipinski definition) is 2. The highest BCUT2D eigenvalue weighted by Crippen LogP contribution is 2.18. The maximum atomic E-state index is 12.3. The summed E-state index contributed by atoms with van der Waals surface area (Å²) in [6.45, 7) is 1.78. The fourth-order valence-electron chi connectivity index (χ4n) is 2.67. The predicted molar refractivity (Wildman–Crippen MR) is 113 cm³/mol. The van der Waals surface area contributed by atoms with Crippen molar-refractivity contribution >= 4 is 28.9 Å². The molecule has 0 saturated heterocycles. The molecule has 3 aromatic carbocycles. The van der Waals surface area contributed by atoms with Crippen LogP contribution in [-0.4, -0.2) is 23.3 Å². The van der Waals surface area contributed by atoms with E-state index in [1.165, 1.54) is 24.3 Å². The number of hydrogen-bond acceptors (Lipinski definition) is 5. The lowest BCUT2D eigenvalue weighted by atomic mass is 10.2. The Bertz CT molecular complexity index is 1080. The number of ether oxygens (including phenoxy) is 1. The van der Waals surface area contributed by atoms with Crippen LogP contribution >= 0.6 is 0 Å². The van der Waals surface area contributed by atoms with Crippen molar-refractivity contribution in [2.24, 2.45) is 0 Å². The van der Waals surface area contributed by atoms with E-state index in [9.17, 15) is 19.7 Å². The number of amides is 2. The number of non-ortho nitro benzene ring substituents is 1. The summed E-state index contributed by atoms with van der Waals surface area (Å²) in [6.07, 6.45) is 0. The fraction of sp³-hybridized carbons (Fsp3) is 0.0909. The van der Waals surface area contributed by atoms with Gasteiger partial charge in [0.05, 0.1) is 4.92 Å². The van der Waals surface area contributed by atoms with Crippen LogP contribution in [0.15, 0.2) is 72.8 Å². The van der Waals surface area contributed by atoms with Gasteiger partial charge in [-0.3, -0.25) is 19.7 Å². The third-order valence-corrected chi connectivity index (χ3v) is 4.10. The molecule has 0 heterocycles. The molecule has 0 fully saturated rings. The van der Waals surface area contributed by atoms with Gasteiger partial charge in [0, 0.05) is 29.1 Å². The molecule has 0 aromatic heterocycles. The summed E-state index contributed by atoms with van der Waals surface area (Å²) in [5, 5.41) is 16.2. The fourth-order valence-corrected chi connectivity index (χ4v) is 2.67. The Balaban J connectivity index is 1.53. The molecule has 0 saturated carbocycles. The monoisotopic (exact) mass is 405 g/mol. The van der Waals surface area contributed by atoms with E-state index in [1.807, 2.05) is 25.1 Å². The molecule has 0 spiro atoms. The van der Waals surface area contributed by atoms with Gasteiger partial charge in [0.25, 0.3) is 17.5 Å². The molecule has 8 nitrogen and oxygen atoms in total.